The molecule has 0 saturated heterocycles. The van der Waals surface area contributed by atoms with E-state index < -0.39 is 18.2 Å². The number of carboxylic acid groups (broad SMARTS) is 1. The third kappa shape index (κ3) is 6.08. The van der Waals surface area contributed by atoms with Gasteiger partial charge >= 0.3 is 12.3 Å². The molecule has 190 valence electrons. The fourth-order valence-corrected chi connectivity index (χ4v) is 4.49. The number of benzene rings is 2. The largest absolute Gasteiger partial charge is 0.573 e. The van der Waals surface area contributed by atoms with Gasteiger partial charge in [-0.15, -0.1) is 13.2 Å². The average molecular weight is 502 g/mol. The summed E-state index contributed by atoms with van der Waals surface area (Å²) in [6.45, 7) is 4.14. The fourth-order valence-electron chi connectivity index (χ4n) is 4.49. The van der Waals surface area contributed by atoms with Crippen LogP contribution in [0, 0.1) is 5.41 Å². The number of aliphatic carboxylic acids is 1. The summed E-state index contributed by atoms with van der Waals surface area (Å²) in [6.07, 6.45) is 0.0561. The van der Waals surface area contributed by atoms with Crippen LogP contribution in [0.3, 0.4) is 0 Å². The molecule has 0 amide bonds. The summed E-state index contributed by atoms with van der Waals surface area (Å²) in [5.41, 5.74) is 2.92. The van der Waals surface area contributed by atoms with Crippen molar-refractivity contribution in [1.82, 2.24) is 5.16 Å². The van der Waals surface area contributed by atoms with E-state index >= 15 is 0 Å². The lowest BCUT2D eigenvalue weighted by Crippen LogP contribution is -2.19. The number of carbonyl (C=O) groups is 1. The Hall–Kier alpha value is -3.75. The second kappa shape index (κ2) is 10.1. The Labute approximate surface area is 206 Å². The molecule has 0 unspecified atom stereocenters. The van der Waals surface area contributed by atoms with Crippen molar-refractivity contribution in [3.8, 4) is 11.5 Å². The van der Waals surface area contributed by atoms with Crippen LogP contribution in [0.25, 0.3) is 5.57 Å². The number of ether oxygens (including phenoxy) is 2. The Morgan fingerprint density at radius 2 is 1.92 bits per heavy atom. The predicted molar refractivity (Wildman–Crippen MR) is 125 cm³/mol. The number of aromatic nitrogens is 1. The van der Waals surface area contributed by atoms with E-state index in [1.165, 1.54) is 12.3 Å². The average Bonchev–Trinajstić information content (AvgIpc) is 3.45. The van der Waals surface area contributed by atoms with Gasteiger partial charge in [-0.3, -0.25) is 4.79 Å². The quantitative estimate of drug-likeness (QED) is 0.341. The summed E-state index contributed by atoms with van der Waals surface area (Å²) < 4.78 is 54.1. The zero-order valence-corrected chi connectivity index (χ0v) is 19.8. The van der Waals surface area contributed by atoms with E-state index in [4.69, 9.17) is 9.26 Å². The van der Waals surface area contributed by atoms with Gasteiger partial charge < -0.3 is 19.1 Å². The van der Waals surface area contributed by atoms with E-state index in [0.29, 0.717) is 22.6 Å². The Morgan fingerprint density at radius 3 is 2.50 bits per heavy atom. The molecule has 9 heteroatoms. The highest BCUT2D eigenvalue weighted by Gasteiger charge is 2.35. The van der Waals surface area contributed by atoms with E-state index in [1.54, 1.807) is 42.5 Å². The van der Waals surface area contributed by atoms with Crippen LogP contribution >= 0.6 is 0 Å². The summed E-state index contributed by atoms with van der Waals surface area (Å²) in [6, 6.07) is 13.1. The molecule has 0 aliphatic heterocycles. The zero-order valence-electron chi connectivity index (χ0n) is 19.8. The minimum absolute atomic E-state index is 0.133. The Morgan fingerprint density at radius 1 is 1.17 bits per heavy atom. The molecule has 1 aliphatic rings. The standard InChI is InChI=1S/C27H26F3NO5/c1-26(2)12-3-4-22(26)21-14-17(5-10-24(21)36-27(28,29)30)16-34-19-8-6-18(7-9-19)20(15-25(32)33)23-11-13-35-31-23/h4-11,13-14,20H,3,12,15-16H2,1-2H3,(H,32,33)/t20-/m0/s1. The minimum atomic E-state index is -4.79. The van der Waals surface area contributed by atoms with Gasteiger partial charge in [0.2, 0.25) is 0 Å². The summed E-state index contributed by atoms with van der Waals surface area (Å²) in [4.78, 5) is 11.3. The summed E-state index contributed by atoms with van der Waals surface area (Å²) in [7, 11) is 0. The Kier molecular flexibility index (Phi) is 7.10. The van der Waals surface area contributed by atoms with Crippen LogP contribution in [-0.4, -0.2) is 22.6 Å². The molecule has 36 heavy (non-hydrogen) atoms. The van der Waals surface area contributed by atoms with Crippen molar-refractivity contribution in [2.24, 2.45) is 5.41 Å². The molecule has 4 rings (SSSR count). The van der Waals surface area contributed by atoms with Crippen molar-refractivity contribution >= 4 is 11.5 Å². The molecule has 0 saturated carbocycles. The van der Waals surface area contributed by atoms with Gasteiger partial charge in [-0.25, -0.2) is 0 Å². The molecule has 3 aromatic rings. The van der Waals surface area contributed by atoms with Crippen molar-refractivity contribution in [2.45, 2.75) is 52.0 Å². The van der Waals surface area contributed by atoms with Crippen LogP contribution in [0.1, 0.15) is 61.4 Å². The SMILES string of the molecule is CC1(C)CCC=C1c1cc(COc2ccc([C@H](CC(=O)O)c3ccon3)cc2)ccc1OC(F)(F)F. The van der Waals surface area contributed by atoms with Crippen LogP contribution in [0.15, 0.2) is 65.4 Å². The van der Waals surface area contributed by atoms with Gasteiger partial charge in [0.15, 0.2) is 0 Å². The molecule has 1 aromatic heterocycles. The van der Waals surface area contributed by atoms with Crippen molar-refractivity contribution in [2.75, 3.05) is 0 Å². The van der Waals surface area contributed by atoms with Crippen LogP contribution in [0.2, 0.25) is 0 Å². The van der Waals surface area contributed by atoms with Crippen molar-refractivity contribution in [3.05, 3.63) is 83.3 Å². The topological polar surface area (TPSA) is 81.8 Å². The maximum absolute atomic E-state index is 13.0. The third-order valence-corrected chi connectivity index (χ3v) is 6.29. The number of carboxylic acids is 1. The molecule has 0 bridgehead atoms. The van der Waals surface area contributed by atoms with E-state index in [9.17, 15) is 23.1 Å². The zero-order chi connectivity index (χ0) is 25.9. The molecule has 6 nitrogen and oxygen atoms in total. The highest BCUT2D eigenvalue weighted by molar-refractivity contribution is 5.76. The molecular weight excluding hydrogens is 475 g/mol. The number of alkyl halides is 3. The van der Waals surface area contributed by atoms with Gasteiger partial charge in [0.05, 0.1) is 12.1 Å². The first-order valence-corrected chi connectivity index (χ1v) is 11.5. The summed E-state index contributed by atoms with van der Waals surface area (Å²) in [5, 5.41) is 13.1. The van der Waals surface area contributed by atoms with Crippen LogP contribution < -0.4 is 9.47 Å². The first-order chi connectivity index (χ1) is 17.0. The smallest absolute Gasteiger partial charge is 0.489 e. The van der Waals surface area contributed by atoms with Gasteiger partial charge in [0.1, 0.15) is 24.4 Å². The molecule has 1 aliphatic carbocycles. The second-order valence-corrected chi connectivity index (χ2v) is 9.35. The number of halogens is 3. The van der Waals surface area contributed by atoms with Gasteiger partial charge in [-0.1, -0.05) is 43.3 Å². The third-order valence-electron chi connectivity index (χ3n) is 6.29. The molecule has 0 spiro atoms. The van der Waals surface area contributed by atoms with Crippen molar-refractivity contribution in [1.29, 1.82) is 0 Å². The van der Waals surface area contributed by atoms with Crippen LogP contribution in [0.5, 0.6) is 11.5 Å². The van der Waals surface area contributed by atoms with Gasteiger partial charge in [0.25, 0.3) is 0 Å². The molecule has 0 radical (unpaired) electrons. The van der Waals surface area contributed by atoms with Gasteiger partial charge in [-0.05, 0) is 59.2 Å². The van der Waals surface area contributed by atoms with Crippen molar-refractivity contribution < 1.29 is 37.1 Å². The lowest BCUT2D eigenvalue weighted by molar-refractivity contribution is -0.274. The van der Waals surface area contributed by atoms with E-state index in [2.05, 4.69) is 9.89 Å². The monoisotopic (exact) mass is 501 g/mol. The Bertz CT molecular complexity index is 1230. The number of rotatable bonds is 9. The summed E-state index contributed by atoms with van der Waals surface area (Å²) >= 11 is 0. The van der Waals surface area contributed by atoms with Crippen LogP contribution in [-0.2, 0) is 11.4 Å². The maximum atomic E-state index is 13.0. The van der Waals surface area contributed by atoms with Crippen LogP contribution in [0.4, 0.5) is 13.2 Å². The molecule has 2 aromatic carbocycles. The molecule has 1 heterocycles. The minimum Gasteiger partial charge on any atom is -0.489 e. The lowest BCUT2D eigenvalue weighted by atomic mass is 9.81. The normalized spacial score (nSPS) is 15.9. The van der Waals surface area contributed by atoms with E-state index in [1.807, 2.05) is 19.9 Å². The van der Waals surface area contributed by atoms with Gasteiger partial charge in [0, 0.05) is 17.5 Å². The fraction of sp³-hybridized carbons (Fsp3) is 0.333. The molecular formula is C27H26F3NO5. The summed E-state index contributed by atoms with van der Waals surface area (Å²) in [5.74, 6) is -1.13. The highest BCUT2D eigenvalue weighted by atomic mass is 19.4. The lowest BCUT2D eigenvalue weighted by Gasteiger charge is -2.25. The molecule has 1 N–H and O–H groups in total. The second-order valence-electron chi connectivity index (χ2n) is 9.35. The Balaban J connectivity index is 1.52. The maximum Gasteiger partial charge on any atom is 0.573 e. The number of hydrogen-bond donors (Lipinski definition) is 1. The number of hydrogen-bond acceptors (Lipinski definition) is 5. The van der Waals surface area contributed by atoms with E-state index in [-0.39, 0.29) is 24.2 Å². The van der Waals surface area contributed by atoms with Gasteiger partial charge in [-0.2, -0.15) is 0 Å². The first kappa shape index (κ1) is 25.3. The highest BCUT2D eigenvalue weighted by Crippen LogP contribution is 2.47. The molecule has 1 atom stereocenters. The number of nitrogens with zero attached hydrogens (tertiary/aromatic N) is 1. The first-order valence-electron chi connectivity index (χ1n) is 11.5. The van der Waals surface area contributed by atoms with Crippen molar-refractivity contribution in [3.63, 3.8) is 0 Å². The molecule has 0 fully saturated rings. The number of allylic oxidation sites excluding steroid dienone is 2. The van der Waals surface area contributed by atoms with E-state index in [0.717, 1.165) is 24.0 Å². The predicted octanol–water partition coefficient (Wildman–Crippen LogP) is 6.96.